The van der Waals surface area contributed by atoms with Crippen molar-refractivity contribution in [3.63, 3.8) is 0 Å². The van der Waals surface area contributed by atoms with Crippen molar-refractivity contribution < 1.29 is 23.0 Å². The molecule has 0 bridgehead atoms. The zero-order chi connectivity index (χ0) is 26.9. The highest BCUT2D eigenvalue weighted by atomic mass is 19.3. The Hall–Kier alpha value is -3.54. The van der Waals surface area contributed by atoms with Crippen molar-refractivity contribution in [1.29, 1.82) is 0 Å². The molecule has 2 saturated heterocycles. The van der Waals surface area contributed by atoms with Gasteiger partial charge in [-0.05, 0) is 45.2 Å². The minimum absolute atomic E-state index is 0.173. The maximum Gasteiger partial charge on any atom is 0.410 e. The van der Waals surface area contributed by atoms with E-state index in [2.05, 4.69) is 20.2 Å². The fraction of sp³-hybridized carbons (Fsp3) is 0.538. The molecule has 1 N–H and O–H groups in total. The summed E-state index contributed by atoms with van der Waals surface area (Å²) >= 11 is 0. The Morgan fingerprint density at radius 2 is 1.87 bits per heavy atom. The highest BCUT2D eigenvalue weighted by Gasteiger charge is 2.30. The molecule has 4 heterocycles. The van der Waals surface area contributed by atoms with Gasteiger partial charge in [0.25, 0.3) is 6.43 Å². The first-order valence-electron chi connectivity index (χ1n) is 12.9. The number of aromatic nitrogens is 4. The average Bonchev–Trinajstić information content (AvgIpc) is 3.52. The summed E-state index contributed by atoms with van der Waals surface area (Å²) in [6.07, 6.45) is -2.29. The number of fused-ring (bicyclic) bond motifs is 1. The van der Waals surface area contributed by atoms with E-state index in [-0.39, 0.29) is 17.8 Å². The number of para-hydroxylation sites is 2. The minimum Gasteiger partial charge on any atom is -0.444 e. The first-order valence-corrected chi connectivity index (χ1v) is 12.9. The molecule has 204 valence electrons. The lowest BCUT2D eigenvalue weighted by molar-refractivity contribution is 0.0289. The van der Waals surface area contributed by atoms with Gasteiger partial charge in [-0.2, -0.15) is 9.97 Å². The van der Waals surface area contributed by atoms with Gasteiger partial charge in [-0.25, -0.2) is 18.6 Å². The molecule has 5 rings (SSSR count). The predicted octanol–water partition coefficient (Wildman–Crippen LogP) is 4.26. The third-order valence-electron chi connectivity index (χ3n) is 6.53. The summed E-state index contributed by atoms with van der Waals surface area (Å²) in [5.41, 5.74) is 0.466. The number of anilines is 2. The van der Waals surface area contributed by atoms with E-state index in [4.69, 9.17) is 14.5 Å². The van der Waals surface area contributed by atoms with Crippen LogP contribution in [-0.4, -0.2) is 82.1 Å². The van der Waals surface area contributed by atoms with E-state index in [1.165, 1.54) is 4.57 Å². The highest BCUT2D eigenvalue weighted by molar-refractivity contribution is 5.78. The van der Waals surface area contributed by atoms with Crippen LogP contribution >= 0.6 is 0 Å². The SMILES string of the molecule is CC(C)(C)OC(=O)N1CC[C@@H](CNc2nc(N3CCOCC3)cc(-n3c(C(F)F)nc4ccccc43)n2)C1. The van der Waals surface area contributed by atoms with Crippen LogP contribution in [-0.2, 0) is 9.47 Å². The third-order valence-corrected chi connectivity index (χ3v) is 6.53. The summed E-state index contributed by atoms with van der Waals surface area (Å²) in [6.45, 7) is 9.61. The third kappa shape index (κ3) is 5.79. The molecule has 1 atom stereocenters. The van der Waals surface area contributed by atoms with Crippen molar-refractivity contribution in [2.45, 2.75) is 39.2 Å². The average molecular weight is 530 g/mol. The van der Waals surface area contributed by atoms with Gasteiger partial charge < -0.3 is 24.6 Å². The Kier molecular flexibility index (Phi) is 7.33. The smallest absolute Gasteiger partial charge is 0.410 e. The lowest BCUT2D eigenvalue weighted by Crippen LogP contribution is -2.37. The molecule has 1 aromatic carbocycles. The molecule has 0 aliphatic carbocycles. The second-order valence-electron chi connectivity index (χ2n) is 10.6. The van der Waals surface area contributed by atoms with E-state index >= 15 is 0 Å². The van der Waals surface area contributed by atoms with Gasteiger partial charge in [-0.1, -0.05) is 12.1 Å². The first kappa shape index (κ1) is 26.1. The lowest BCUT2D eigenvalue weighted by atomic mass is 10.1. The number of imidazole rings is 1. The monoisotopic (exact) mass is 529 g/mol. The summed E-state index contributed by atoms with van der Waals surface area (Å²) in [5.74, 6) is 1.08. The van der Waals surface area contributed by atoms with Gasteiger partial charge in [0.2, 0.25) is 5.95 Å². The van der Waals surface area contributed by atoms with E-state index < -0.39 is 12.0 Å². The van der Waals surface area contributed by atoms with Gasteiger partial charge >= 0.3 is 6.09 Å². The summed E-state index contributed by atoms with van der Waals surface area (Å²) in [6, 6.07) is 8.73. The number of nitrogens with one attached hydrogen (secondary N) is 1. The van der Waals surface area contributed by atoms with Gasteiger partial charge in [-0.3, -0.25) is 4.57 Å². The largest absolute Gasteiger partial charge is 0.444 e. The Labute approximate surface area is 219 Å². The second kappa shape index (κ2) is 10.7. The maximum absolute atomic E-state index is 14.1. The molecule has 2 aromatic heterocycles. The maximum atomic E-state index is 14.1. The molecule has 0 unspecified atom stereocenters. The molecule has 12 heteroatoms. The van der Waals surface area contributed by atoms with Crippen molar-refractivity contribution in [3.05, 3.63) is 36.2 Å². The van der Waals surface area contributed by atoms with E-state index in [0.717, 1.165) is 6.42 Å². The fourth-order valence-electron chi connectivity index (χ4n) is 4.73. The number of hydrogen-bond donors (Lipinski definition) is 1. The van der Waals surface area contributed by atoms with Crippen LogP contribution in [0.1, 0.15) is 39.4 Å². The molecule has 1 amide bonds. The van der Waals surface area contributed by atoms with Crippen LogP contribution < -0.4 is 10.2 Å². The number of halogens is 2. The predicted molar refractivity (Wildman–Crippen MR) is 139 cm³/mol. The van der Waals surface area contributed by atoms with Gasteiger partial charge in [0.1, 0.15) is 17.2 Å². The standard InChI is InChI=1S/C26H33F2N7O3/c1-26(2,3)38-25(36)34-9-8-17(16-34)15-29-24-31-20(33-10-12-37-13-11-33)14-21(32-24)35-19-7-5-4-6-18(19)30-23(35)22(27)28/h4-7,14,17,22H,8-13,15-16H2,1-3H3,(H,29,31,32)/t17-/m0/s1. The van der Waals surface area contributed by atoms with Gasteiger partial charge in [0, 0.05) is 38.8 Å². The number of hydrogen-bond acceptors (Lipinski definition) is 8. The number of nitrogens with zero attached hydrogens (tertiary/aromatic N) is 6. The molecular weight excluding hydrogens is 496 g/mol. The molecule has 0 radical (unpaired) electrons. The summed E-state index contributed by atoms with van der Waals surface area (Å²) < 4.78 is 40.5. The summed E-state index contributed by atoms with van der Waals surface area (Å²) in [5, 5.41) is 3.29. The molecule has 10 nitrogen and oxygen atoms in total. The van der Waals surface area contributed by atoms with Crippen molar-refractivity contribution in [2.75, 3.05) is 56.2 Å². The van der Waals surface area contributed by atoms with Gasteiger partial charge in [0.05, 0.1) is 24.2 Å². The van der Waals surface area contributed by atoms with Crippen LogP contribution in [0, 0.1) is 5.92 Å². The Bertz CT molecular complexity index is 1290. The zero-order valence-corrected chi connectivity index (χ0v) is 21.9. The molecular formula is C26H33F2N7O3. The van der Waals surface area contributed by atoms with Gasteiger partial charge in [0.15, 0.2) is 5.82 Å². The molecule has 0 saturated carbocycles. The van der Waals surface area contributed by atoms with Crippen LogP contribution in [0.2, 0.25) is 0 Å². The molecule has 38 heavy (non-hydrogen) atoms. The number of benzene rings is 1. The van der Waals surface area contributed by atoms with Crippen molar-refractivity contribution in [1.82, 2.24) is 24.4 Å². The van der Waals surface area contributed by atoms with Crippen molar-refractivity contribution in [2.24, 2.45) is 5.92 Å². The number of likely N-dealkylation sites (tertiary alicyclic amines) is 1. The molecule has 0 spiro atoms. The number of alkyl halides is 2. The quantitative estimate of drug-likeness (QED) is 0.506. The van der Waals surface area contributed by atoms with E-state index in [9.17, 15) is 13.6 Å². The first-order chi connectivity index (χ1) is 18.2. The number of amides is 1. The topological polar surface area (TPSA) is 97.6 Å². The summed E-state index contributed by atoms with van der Waals surface area (Å²) in [7, 11) is 0. The number of carbonyl (C=O) groups is 1. The molecule has 2 fully saturated rings. The van der Waals surface area contributed by atoms with Crippen molar-refractivity contribution in [3.8, 4) is 5.82 Å². The number of carbonyl (C=O) groups excluding carboxylic acids is 1. The zero-order valence-electron chi connectivity index (χ0n) is 21.9. The van der Waals surface area contributed by atoms with Crippen molar-refractivity contribution >= 4 is 28.9 Å². The second-order valence-corrected chi connectivity index (χ2v) is 10.6. The van der Waals surface area contributed by atoms with E-state index in [0.29, 0.717) is 74.6 Å². The van der Waals surface area contributed by atoms with Crippen LogP contribution in [0.25, 0.3) is 16.9 Å². The van der Waals surface area contributed by atoms with Crippen LogP contribution in [0.4, 0.5) is 25.3 Å². The van der Waals surface area contributed by atoms with Gasteiger partial charge in [-0.15, -0.1) is 0 Å². The number of ether oxygens (including phenoxy) is 2. The lowest BCUT2D eigenvalue weighted by Gasteiger charge is -2.28. The number of morpholine rings is 1. The van der Waals surface area contributed by atoms with Crippen LogP contribution in [0.3, 0.4) is 0 Å². The Morgan fingerprint density at radius 3 is 2.61 bits per heavy atom. The Balaban J connectivity index is 1.41. The van der Waals surface area contributed by atoms with E-state index in [1.54, 1.807) is 35.2 Å². The molecule has 3 aromatic rings. The van der Waals surface area contributed by atoms with E-state index in [1.807, 2.05) is 20.8 Å². The molecule has 2 aliphatic heterocycles. The number of rotatable bonds is 6. The Morgan fingerprint density at radius 1 is 1.13 bits per heavy atom. The minimum atomic E-state index is -2.78. The fourth-order valence-corrected chi connectivity index (χ4v) is 4.73. The highest BCUT2D eigenvalue weighted by Crippen LogP contribution is 2.29. The summed E-state index contributed by atoms with van der Waals surface area (Å²) in [4.78, 5) is 29.7. The van der Waals surface area contributed by atoms with Crippen LogP contribution in [0.5, 0.6) is 0 Å². The molecule has 2 aliphatic rings. The van der Waals surface area contributed by atoms with Crippen LogP contribution in [0.15, 0.2) is 30.3 Å². The normalized spacial score (nSPS) is 18.4.